The van der Waals surface area contributed by atoms with E-state index in [2.05, 4.69) is 20.9 Å². The van der Waals surface area contributed by atoms with E-state index >= 15 is 0 Å². The van der Waals surface area contributed by atoms with Crippen molar-refractivity contribution in [3.8, 4) is 0 Å². The number of nitrogens with one attached hydrogen (secondary N) is 3. The molecule has 0 radical (unpaired) electrons. The van der Waals surface area contributed by atoms with Gasteiger partial charge in [0.2, 0.25) is 5.91 Å². The van der Waals surface area contributed by atoms with Crippen molar-refractivity contribution in [3.63, 3.8) is 0 Å². The first-order valence-corrected chi connectivity index (χ1v) is 8.17. The third-order valence-electron chi connectivity index (χ3n) is 3.48. The molecule has 0 spiro atoms. The van der Waals surface area contributed by atoms with Crippen molar-refractivity contribution < 1.29 is 9.53 Å². The molecule has 0 heterocycles. The highest BCUT2D eigenvalue weighted by Crippen LogP contribution is 2.28. The van der Waals surface area contributed by atoms with E-state index in [-0.39, 0.29) is 12.5 Å². The standard InChI is InChI=1S/C15H28N4O2/c1-2-16-15(18-10-14(20)19-13-6-7-13)17-8-3-9-21-11-12-4-5-12/h12-13H,2-11H2,1H3,(H,19,20)(H2,16,17,18). The van der Waals surface area contributed by atoms with E-state index in [9.17, 15) is 4.79 Å². The van der Waals surface area contributed by atoms with Gasteiger partial charge in [-0.3, -0.25) is 4.79 Å². The maximum absolute atomic E-state index is 11.6. The lowest BCUT2D eigenvalue weighted by Gasteiger charge is -2.11. The van der Waals surface area contributed by atoms with Gasteiger partial charge < -0.3 is 20.7 Å². The predicted octanol–water partition coefficient (Wildman–Crippen LogP) is 0.637. The highest BCUT2D eigenvalue weighted by atomic mass is 16.5. The topological polar surface area (TPSA) is 74.8 Å². The van der Waals surface area contributed by atoms with Gasteiger partial charge in [0.25, 0.3) is 0 Å². The Morgan fingerprint density at radius 3 is 2.71 bits per heavy atom. The lowest BCUT2D eigenvalue weighted by atomic mass is 10.4. The average Bonchev–Trinajstić information content (AvgIpc) is 3.34. The predicted molar refractivity (Wildman–Crippen MR) is 83.3 cm³/mol. The van der Waals surface area contributed by atoms with Gasteiger partial charge >= 0.3 is 0 Å². The highest BCUT2D eigenvalue weighted by molar-refractivity contribution is 5.85. The fourth-order valence-corrected chi connectivity index (χ4v) is 1.91. The van der Waals surface area contributed by atoms with Gasteiger partial charge in [-0.25, -0.2) is 4.99 Å². The lowest BCUT2D eigenvalue weighted by Crippen LogP contribution is -2.39. The summed E-state index contributed by atoms with van der Waals surface area (Å²) in [5.41, 5.74) is 0. The van der Waals surface area contributed by atoms with Crippen LogP contribution < -0.4 is 16.0 Å². The number of rotatable bonds is 10. The number of hydrogen-bond acceptors (Lipinski definition) is 3. The van der Waals surface area contributed by atoms with Crippen LogP contribution in [0.1, 0.15) is 39.0 Å². The molecule has 1 amide bonds. The largest absolute Gasteiger partial charge is 0.381 e. The molecule has 21 heavy (non-hydrogen) atoms. The van der Waals surface area contributed by atoms with Crippen molar-refractivity contribution in [1.82, 2.24) is 16.0 Å². The Hall–Kier alpha value is -1.30. The summed E-state index contributed by atoms with van der Waals surface area (Å²) in [7, 11) is 0. The molecule has 0 atom stereocenters. The molecule has 120 valence electrons. The van der Waals surface area contributed by atoms with Crippen LogP contribution in [0.2, 0.25) is 0 Å². The minimum Gasteiger partial charge on any atom is -0.381 e. The van der Waals surface area contributed by atoms with Gasteiger partial charge in [-0.05, 0) is 44.9 Å². The molecule has 0 aromatic carbocycles. The fourth-order valence-electron chi connectivity index (χ4n) is 1.91. The van der Waals surface area contributed by atoms with Crippen LogP contribution in [0.15, 0.2) is 4.99 Å². The van der Waals surface area contributed by atoms with Crippen molar-refractivity contribution in [2.75, 3.05) is 32.8 Å². The summed E-state index contributed by atoms with van der Waals surface area (Å²) in [4.78, 5) is 15.9. The lowest BCUT2D eigenvalue weighted by molar-refractivity contribution is -0.119. The van der Waals surface area contributed by atoms with Gasteiger partial charge in [-0.1, -0.05) is 0 Å². The van der Waals surface area contributed by atoms with Crippen LogP contribution in [-0.2, 0) is 9.53 Å². The van der Waals surface area contributed by atoms with E-state index in [4.69, 9.17) is 4.74 Å². The van der Waals surface area contributed by atoms with Crippen LogP contribution in [0.3, 0.4) is 0 Å². The van der Waals surface area contributed by atoms with Crippen LogP contribution in [0.4, 0.5) is 0 Å². The Morgan fingerprint density at radius 1 is 1.24 bits per heavy atom. The minimum absolute atomic E-state index is 0.00229. The maximum Gasteiger partial charge on any atom is 0.242 e. The third-order valence-corrected chi connectivity index (χ3v) is 3.48. The van der Waals surface area contributed by atoms with Crippen molar-refractivity contribution >= 4 is 11.9 Å². The molecule has 2 fully saturated rings. The number of ether oxygens (including phenoxy) is 1. The Balaban J connectivity index is 1.54. The number of carbonyl (C=O) groups excluding carboxylic acids is 1. The molecule has 0 bridgehead atoms. The van der Waals surface area contributed by atoms with Crippen molar-refractivity contribution in [2.24, 2.45) is 10.9 Å². The van der Waals surface area contributed by atoms with Gasteiger partial charge in [0.15, 0.2) is 5.96 Å². The van der Waals surface area contributed by atoms with Gasteiger partial charge in [-0.15, -0.1) is 0 Å². The zero-order valence-corrected chi connectivity index (χ0v) is 13.0. The molecular formula is C15H28N4O2. The van der Waals surface area contributed by atoms with Crippen molar-refractivity contribution in [1.29, 1.82) is 0 Å². The molecule has 2 saturated carbocycles. The molecule has 3 N–H and O–H groups in total. The maximum atomic E-state index is 11.6. The molecule has 0 unspecified atom stereocenters. The van der Waals surface area contributed by atoms with Crippen molar-refractivity contribution in [2.45, 2.75) is 45.1 Å². The number of amides is 1. The summed E-state index contributed by atoms with van der Waals surface area (Å²) in [5.74, 6) is 1.52. The van der Waals surface area contributed by atoms with Gasteiger partial charge in [0.1, 0.15) is 6.54 Å². The second-order valence-electron chi connectivity index (χ2n) is 5.84. The Kier molecular flexibility index (Phi) is 6.79. The summed E-state index contributed by atoms with van der Waals surface area (Å²) < 4.78 is 5.58. The molecular weight excluding hydrogens is 268 g/mol. The number of guanidine groups is 1. The number of hydrogen-bond donors (Lipinski definition) is 3. The Labute approximate surface area is 127 Å². The number of carbonyl (C=O) groups is 1. The monoisotopic (exact) mass is 296 g/mol. The average molecular weight is 296 g/mol. The zero-order chi connectivity index (χ0) is 14.9. The molecule has 2 aliphatic rings. The molecule has 6 heteroatoms. The Bertz CT molecular complexity index is 352. The van der Waals surface area contributed by atoms with E-state index in [1.165, 1.54) is 12.8 Å². The number of nitrogens with zero attached hydrogens (tertiary/aromatic N) is 1. The molecule has 0 aliphatic heterocycles. The summed E-state index contributed by atoms with van der Waals surface area (Å²) in [6.07, 6.45) is 5.82. The molecule has 6 nitrogen and oxygen atoms in total. The second kappa shape index (κ2) is 8.87. The normalized spacial score (nSPS) is 18.4. The van der Waals surface area contributed by atoms with Crippen LogP contribution in [0, 0.1) is 5.92 Å². The molecule has 0 aromatic heterocycles. The van der Waals surface area contributed by atoms with E-state index in [1.807, 2.05) is 6.92 Å². The first-order chi connectivity index (χ1) is 10.3. The Morgan fingerprint density at radius 2 is 2.05 bits per heavy atom. The van der Waals surface area contributed by atoms with E-state index in [1.54, 1.807) is 0 Å². The molecule has 0 saturated heterocycles. The SMILES string of the molecule is CCNC(=NCC(=O)NC1CC1)NCCCOCC1CC1. The van der Waals surface area contributed by atoms with Gasteiger partial charge in [0, 0.05) is 32.3 Å². The fraction of sp³-hybridized carbons (Fsp3) is 0.867. The third kappa shape index (κ3) is 7.90. The van der Waals surface area contributed by atoms with Crippen LogP contribution in [-0.4, -0.2) is 50.8 Å². The summed E-state index contributed by atoms with van der Waals surface area (Å²) in [6.45, 7) is 5.49. The summed E-state index contributed by atoms with van der Waals surface area (Å²) >= 11 is 0. The molecule has 2 rings (SSSR count). The molecule has 0 aromatic rings. The quantitative estimate of drug-likeness (QED) is 0.314. The summed E-state index contributed by atoms with van der Waals surface area (Å²) in [5, 5.41) is 9.30. The molecule has 2 aliphatic carbocycles. The zero-order valence-electron chi connectivity index (χ0n) is 13.0. The van der Waals surface area contributed by atoms with E-state index in [0.29, 0.717) is 12.0 Å². The summed E-state index contributed by atoms with van der Waals surface area (Å²) in [6, 6.07) is 0.395. The van der Waals surface area contributed by atoms with Crippen molar-refractivity contribution in [3.05, 3.63) is 0 Å². The first-order valence-electron chi connectivity index (χ1n) is 8.17. The van der Waals surface area contributed by atoms with Gasteiger partial charge in [-0.2, -0.15) is 0 Å². The smallest absolute Gasteiger partial charge is 0.242 e. The van der Waals surface area contributed by atoms with Crippen LogP contribution in [0.5, 0.6) is 0 Å². The minimum atomic E-state index is 0.00229. The number of aliphatic imine (C=N–C) groups is 1. The highest BCUT2D eigenvalue weighted by Gasteiger charge is 2.23. The second-order valence-corrected chi connectivity index (χ2v) is 5.84. The van der Waals surface area contributed by atoms with Crippen LogP contribution in [0.25, 0.3) is 0 Å². The van der Waals surface area contributed by atoms with E-state index < -0.39 is 0 Å². The first kappa shape index (κ1) is 16.1. The van der Waals surface area contributed by atoms with Crippen LogP contribution >= 0.6 is 0 Å². The van der Waals surface area contributed by atoms with Gasteiger partial charge in [0.05, 0.1) is 0 Å². The van der Waals surface area contributed by atoms with E-state index in [0.717, 1.165) is 51.5 Å².